The molecule has 1 aliphatic rings. The number of rotatable bonds is 6. The number of nitrogens with zero attached hydrogens (tertiary/aromatic N) is 3. The van der Waals surface area contributed by atoms with Crippen LogP contribution in [0, 0.1) is 0 Å². The van der Waals surface area contributed by atoms with Gasteiger partial charge in [-0.25, -0.2) is 4.79 Å². The number of fused-ring (bicyclic) bond motifs is 1. The van der Waals surface area contributed by atoms with Crippen LogP contribution in [0.5, 0.6) is 5.75 Å². The number of methoxy groups -OCH3 is 1. The predicted octanol–water partition coefficient (Wildman–Crippen LogP) is 3.50. The number of carbonyl (C=O) groups is 2. The lowest BCUT2D eigenvalue weighted by molar-refractivity contribution is -0.127. The lowest BCUT2D eigenvalue weighted by Crippen LogP contribution is -2.46. The van der Waals surface area contributed by atoms with Crippen molar-refractivity contribution in [1.29, 1.82) is 0 Å². The molecule has 0 unspecified atom stereocenters. The van der Waals surface area contributed by atoms with Gasteiger partial charge in [-0.1, -0.05) is 24.3 Å². The molecule has 3 rings (SSSR count). The summed E-state index contributed by atoms with van der Waals surface area (Å²) in [6, 6.07) is 15.4. The normalized spacial score (nSPS) is 18.4. The number of ether oxygens (including phenoxy) is 2. The Morgan fingerprint density at radius 1 is 1.06 bits per heavy atom. The summed E-state index contributed by atoms with van der Waals surface area (Å²) in [5.41, 5.74) is 1.72. The number of anilines is 1. The van der Waals surface area contributed by atoms with E-state index in [9.17, 15) is 9.59 Å². The van der Waals surface area contributed by atoms with Gasteiger partial charge in [0.1, 0.15) is 5.75 Å². The first-order valence-electron chi connectivity index (χ1n) is 10.1. The quantitative estimate of drug-likeness (QED) is 0.681. The molecule has 0 N–H and O–H groups in total. The van der Waals surface area contributed by atoms with Gasteiger partial charge in [0, 0.05) is 32.1 Å². The molecule has 1 heterocycles. The fourth-order valence-corrected chi connectivity index (χ4v) is 4.59. The largest absolute Gasteiger partial charge is 0.497 e. The van der Waals surface area contributed by atoms with E-state index in [-0.39, 0.29) is 5.91 Å². The molecule has 166 valence electrons. The van der Waals surface area contributed by atoms with E-state index >= 15 is 0 Å². The highest BCUT2D eigenvalue weighted by Crippen LogP contribution is 2.46. The summed E-state index contributed by atoms with van der Waals surface area (Å²) in [6.07, 6.45) is -1.51. The van der Waals surface area contributed by atoms with Gasteiger partial charge in [0.25, 0.3) is 5.91 Å². The van der Waals surface area contributed by atoms with Gasteiger partial charge in [0.2, 0.25) is 0 Å². The topological polar surface area (TPSA) is 62.3 Å². The number of benzene rings is 2. The molecule has 8 heteroatoms. The summed E-state index contributed by atoms with van der Waals surface area (Å²) in [5, 5.41) is -0.396. The van der Waals surface area contributed by atoms with Crippen molar-refractivity contribution in [3.05, 3.63) is 54.1 Å². The number of likely N-dealkylation sites (N-methyl/N-ethyl adjacent to an activating group) is 1. The van der Waals surface area contributed by atoms with Crippen molar-refractivity contribution in [3.63, 3.8) is 0 Å². The van der Waals surface area contributed by atoms with Crippen LogP contribution in [-0.2, 0) is 9.53 Å². The van der Waals surface area contributed by atoms with E-state index in [1.165, 1.54) is 16.7 Å². The van der Waals surface area contributed by atoms with Crippen molar-refractivity contribution < 1.29 is 19.1 Å². The Balaban J connectivity index is 2.07. The van der Waals surface area contributed by atoms with E-state index in [0.717, 1.165) is 21.9 Å². The Hall–Kier alpha value is -2.71. The Labute approximate surface area is 187 Å². The second-order valence-electron chi connectivity index (χ2n) is 7.77. The predicted molar refractivity (Wildman–Crippen MR) is 123 cm³/mol. The zero-order valence-corrected chi connectivity index (χ0v) is 19.4. The van der Waals surface area contributed by atoms with Crippen LogP contribution in [0.4, 0.5) is 10.5 Å². The molecular weight excluding hydrogens is 414 g/mol. The minimum Gasteiger partial charge on any atom is -0.497 e. The molecular formula is C23H29N3O4S. The van der Waals surface area contributed by atoms with Gasteiger partial charge in [-0.15, -0.1) is 11.8 Å². The molecule has 1 aliphatic heterocycles. The SMILES string of the molecule is COc1ccc([C@H]2Sc3ccccc3N(CCN(C)C)C(=O)[C@H]2OC(=O)N(C)C)cc1. The fourth-order valence-electron chi connectivity index (χ4n) is 3.27. The summed E-state index contributed by atoms with van der Waals surface area (Å²) in [4.78, 5) is 32.3. The molecule has 2 aromatic rings. The number of amides is 2. The monoisotopic (exact) mass is 443 g/mol. The maximum Gasteiger partial charge on any atom is 0.410 e. The zero-order chi connectivity index (χ0) is 22.5. The summed E-state index contributed by atoms with van der Waals surface area (Å²) in [6.45, 7) is 1.18. The van der Waals surface area contributed by atoms with Crippen molar-refractivity contribution in [2.45, 2.75) is 16.2 Å². The number of hydrogen-bond acceptors (Lipinski definition) is 6. The summed E-state index contributed by atoms with van der Waals surface area (Å²) in [5.74, 6) is 0.499. The first-order valence-corrected chi connectivity index (χ1v) is 10.9. The van der Waals surface area contributed by atoms with Crippen molar-refractivity contribution in [1.82, 2.24) is 9.80 Å². The lowest BCUT2D eigenvalue weighted by atomic mass is 10.1. The first kappa shape index (κ1) is 23.0. The molecule has 0 spiro atoms. The third-order valence-electron chi connectivity index (χ3n) is 5.00. The Morgan fingerprint density at radius 3 is 2.35 bits per heavy atom. The van der Waals surface area contributed by atoms with Crippen molar-refractivity contribution >= 4 is 29.4 Å². The van der Waals surface area contributed by atoms with Crippen LogP contribution in [0.15, 0.2) is 53.4 Å². The van der Waals surface area contributed by atoms with Crippen LogP contribution in [0.2, 0.25) is 0 Å². The Morgan fingerprint density at radius 2 is 1.74 bits per heavy atom. The van der Waals surface area contributed by atoms with Gasteiger partial charge < -0.3 is 24.2 Å². The van der Waals surface area contributed by atoms with Gasteiger partial charge in [-0.2, -0.15) is 0 Å². The fraction of sp³-hybridized carbons (Fsp3) is 0.391. The molecule has 0 aliphatic carbocycles. The van der Waals surface area contributed by atoms with Crippen LogP contribution in [-0.4, -0.2) is 76.3 Å². The van der Waals surface area contributed by atoms with Crippen molar-refractivity contribution in [3.8, 4) is 5.75 Å². The highest BCUT2D eigenvalue weighted by Gasteiger charge is 2.41. The van der Waals surface area contributed by atoms with Crippen LogP contribution in [0.1, 0.15) is 10.8 Å². The first-order chi connectivity index (χ1) is 14.8. The molecule has 0 radical (unpaired) electrons. The standard InChI is InChI=1S/C23H29N3O4S/c1-24(2)14-15-26-18-8-6-7-9-19(18)31-21(16-10-12-17(29-5)13-11-16)20(22(26)27)30-23(28)25(3)4/h6-13,20-21H,14-15H2,1-5H3/t20-,21+/m0/s1. The molecule has 0 saturated heterocycles. The Kier molecular flexibility index (Phi) is 7.46. The summed E-state index contributed by atoms with van der Waals surface area (Å²) in [7, 11) is 8.76. The van der Waals surface area contributed by atoms with Crippen LogP contribution in [0.25, 0.3) is 0 Å². The smallest absolute Gasteiger partial charge is 0.410 e. The van der Waals surface area contributed by atoms with Crippen molar-refractivity contribution in [2.24, 2.45) is 0 Å². The molecule has 7 nitrogen and oxygen atoms in total. The number of hydrogen-bond donors (Lipinski definition) is 0. The highest BCUT2D eigenvalue weighted by molar-refractivity contribution is 7.99. The van der Waals surface area contributed by atoms with Crippen LogP contribution in [0.3, 0.4) is 0 Å². The van der Waals surface area contributed by atoms with E-state index in [0.29, 0.717) is 13.1 Å². The molecule has 0 fully saturated rings. The summed E-state index contributed by atoms with van der Waals surface area (Å²) >= 11 is 1.54. The molecule has 2 amide bonds. The molecule has 31 heavy (non-hydrogen) atoms. The average molecular weight is 444 g/mol. The molecule has 0 aromatic heterocycles. The molecule has 2 aromatic carbocycles. The van der Waals surface area contributed by atoms with Gasteiger partial charge >= 0.3 is 6.09 Å². The maximum absolute atomic E-state index is 13.8. The van der Waals surface area contributed by atoms with E-state index in [1.807, 2.05) is 67.5 Å². The van der Waals surface area contributed by atoms with E-state index in [2.05, 4.69) is 0 Å². The van der Waals surface area contributed by atoms with E-state index < -0.39 is 17.4 Å². The number of carbonyl (C=O) groups excluding carboxylic acids is 2. The minimum atomic E-state index is -0.970. The van der Waals surface area contributed by atoms with Gasteiger partial charge in [-0.3, -0.25) is 4.79 Å². The van der Waals surface area contributed by atoms with E-state index in [4.69, 9.17) is 9.47 Å². The molecule has 0 saturated carbocycles. The van der Waals surface area contributed by atoms with E-state index in [1.54, 1.807) is 26.1 Å². The molecule has 2 atom stereocenters. The van der Waals surface area contributed by atoms with Gasteiger partial charge in [0.15, 0.2) is 6.10 Å². The second-order valence-corrected chi connectivity index (χ2v) is 8.95. The second kappa shape index (κ2) is 10.1. The van der Waals surface area contributed by atoms with Gasteiger partial charge in [0.05, 0.1) is 18.0 Å². The third kappa shape index (κ3) is 5.32. The number of thioether (sulfide) groups is 1. The maximum atomic E-state index is 13.8. The van der Waals surface area contributed by atoms with Crippen molar-refractivity contribution in [2.75, 3.05) is 53.3 Å². The Bertz CT molecular complexity index is 917. The minimum absolute atomic E-state index is 0.227. The zero-order valence-electron chi connectivity index (χ0n) is 18.6. The molecule has 0 bridgehead atoms. The number of para-hydroxylation sites is 1. The highest BCUT2D eigenvalue weighted by atomic mass is 32.2. The van der Waals surface area contributed by atoms with Crippen LogP contribution >= 0.6 is 11.8 Å². The van der Waals surface area contributed by atoms with Crippen LogP contribution < -0.4 is 9.64 Å². The lowest BCUT2D eigenvalue weighted by Gasteiger charge is -2.29. The third-order valence-corrected chi connectivity index (χ3v) is 6.37. The summed E-state index contributed by atoms with van der Waals surface area (Å²) < 4.78 is 11.0. The van der Waals surface area contributed by atoms with Gasteiger partial charge in [-0.05, 0) is 43.9 Å². The average Bonchev–Trinajstić information content (AvgIpc) is 2.87.